The maximum Gasteiger partial charge on any atom is 0.347 e. The maximum atomic E-state index is 12.5. The van der Waals surface area contributed by atoms with Gasteiger partial charge in [-0.3, -0.25) is 4.79 Å². The van der Waals surface area contributed by atoms with Crippen LogP contribution in [0.1, 0.15) is 25.7 Å². The van der Waals surface area contributed by atoms with E-state index in [1.807, 2.05) is 36.4 Å². The van der Waals surface area contributed by atoms with E-state index in [0.717, 1.165) is 41.5 Å². The topological polar surface area (TPSA) is 108 Å². The number of para-hydroxylation sites is 2. The number of H-pyrrole nitrogens is 1. The molecule has 4 aromatic rings. The zero-order valence-corrected chi connectivity index (χ0v) is 15.8. The second-order valence-corrected chi connectivity index (χ2v) is 6.93. The Morgan fingerprint density at radius 3 is 2.79 bits per heavy atom. The Labute approximate surface area is 166 Å². The van der Waals surface area contributed by atoms with E-state index in [1.165, 1.54) is 0 Å². The van der Waals surface area contributed by atoms with Gasteiger partial charge in [0.05, 0.1) is 11.0 Å². The first-order valence-electron chi connectivity index (χ1n) is 9.59. The first-order chi connectivity index (χ1) is 14.1. The number of unbranched alkanes of at least 4 members (excludes halogenated alkanes) is 2. The molecule has 29 heavy (non-hydrogen) atoms. The van der Waals surface area contributed by atoms with Crippen LogP contribution in [-0.4, -0.2) is 27.6 Å². The number of nitrogens with zero attached hydrogens (tertiary/aromatic N) is 1. The van der Waals surface area contributed by atoms with Crippen LogP contribution in [0.5, 0.6) is 0 Å². The quantitative estimate of drug-likeness (QED) is 0.304. The summed E-state index contributed by atoms with van der Waals surface area (Å²) in [6.45, 7) is 0.729. The molecule has 0 atom stereocenters. The highest BCUT2D eigenvalue weighted by Gasteiger charge is 2.12. The minimum atomic E-state index is -0.760. The number of anilines is 1. The average molecular weight is 391 g/mol. The number of imidazole rings is 1. The second kappa shape index (κ2) is 8.18. The van der Waals surface area contributed by atoms with Gasteiger partial charge in [-0.2, -0.15) is 0 Å². The average Bonchev–Trinajstić information content (AvgIpc) is 3.13. The number of rotatable bonds is 8. The Kier molecular flexibility index (Phi) is 5.29. The van der Waals surface area contributed by atoms with E-state index < -0.39 is 11.6 Å². The standard InChI is InChI=1S/C22H21N3O4/c26-20(27)8-2-1-5-11-23-15-10-9-14-12-16(22(28)29-19(14)13-15)21-24-17-6-3-4-7-18(17)25-21/h3-4,6-7,9-10,12-13,23H,1-2,5,8,11H2,(H,24,25)(H,26,27). The molecule has 3 N–H and O–H groups in total. The molecular formula is C22H21N3O4. The molecular weight excluding hydrogens is 370 g/mol. The third-order valence-electron chi connectivity index (χ3n) is 4.78. The molecule has 0 amide bonds. The van der Waals surface area contributed by atoms with Crippen molar-refractivity contribution in [1.29, 1.82) is 0 Å². The third kappa shape index (κ3) is 4.29. The van der Waals surface area contributed by atoms with Crippen LogP contribution >= 0.6 is 0 Å². The van der Waals surface area contributed by atoms with Gasteiger partial charge in [0.1, 0.15) is 17.0 Å². The molecule has 2 aromatic heterocycles. The lowest BCUT2D eigenvalue weighted by Gasteiger charge is -2.07. The molecule has 0 fully saturated rings. The smallest absolute Gasteiger partial charge is 0.347 e. The fourth-order valence-corrected chi connectivity index (χ4v) is 3.28. The zero-order valence-electron chi connectivity index (χ0n) is 15.8. The van der Waals surface area contributed by atoms with Crippen LogP contribution in [0.15, 0.2) is 57.7 Å². The molecule has 4 rings (SSSR count). The number of nitrogens with one attached hydrogen (secondary N) is 2. The molecule has 0 spiro atoms. The van der Waals surface area contributed by atoms with Gasteiger partial charge in [0.15, 0.2) is 0 Å². The van der Waals surface area contributed by atoms with Gasteiger partial charge >= 0.3 is 11.6 Å². The molecule has 7 nitrogen and oxygen atoms in total. The Hall–Kier alpha value is -3.61. The Balaban J connectivity index is 1.49. The molecule has 2 aromatic carbocycles. The van der Waals surface area contributed by atoms with Crippen LogP contribution in [0.25, 0.3) is 33.4 Å². The third-order valence-corrected chi connectivity index (χ3v) is 4.78. The normalized spacial score (nSPS) is 11.2. The lowest BCUT2D eigenvalue weighted by Crippen LogP contribution is -2.05. The maximum absolute atomic E-state index is 12.5. The summed E-state index contributed by atoms with van der Waals surface area (Å²) < 4.78 is 5.53. The molecule has 0 aliphatic rings. The summed E-state index contributed by atoms with van der Waals surface area (Å²) in [5.41, 5.74) is 2.98. The number of carboxylic acid groups (broad SMARTS) is 1. The molecule has 7 heteroatoms. The van der Waals surface area contributed by atoms with Crippen molar-refractivity contribution in [3.63, 3.8) is 0 Å². The number of aliphatic carboxylic acids is 1. The zero-order chi connectivity index (χ0) is 20.2. The number of carbonyl (C=O) groups is 1. The molecule has 0 bridgehead atoms. The summed E-state index contributed by atoms with van der Waals surface area (Å²) >= 11 is 0. The number of aromatic amines is 1. The van der Waals surface area contributed by atoms with Crippen molar-refractivity contribution < 1.29 is 14.3 Å². The first kappa shape index (κ1) is 18.7. The number of benzene rings is 2. The van der Waals surface area contributed by atoms with Crippen LogP contribution in [0.3, 0.4) is 0 Å². The highest BCUT2D eigenvalue weighted by Crippen LogP contribution is 2.24. The first-order valence-corrected chi connectivity index (χ1v) is 9.59. The van der Waals surface area contributed by atoms with Crippen molar-refractivity contribution in [2.45, 2.75) is 25.7 Å². The highest BCUT2D eigenvalue weighted by molar-refractivity contribution is 5.85. The Bertz CT molecular complexity index is 1190. The molecule has 0 radical (unpaired) electrons. The van der Waals surface area contributed by atoms with E-state index in [0.29, 0.717) is 23.4 Å². The minimum absolute atomic E-state index is 0.203. The molecule has 0 aliphatic carbocycles. The summed E-state index contributed by atoms with van der Waals surface area (Å²) in [6, 6.07) is 15.0. The number of fused-ring (bicyclic) bond motifs is 2. The van der Waals surface area contributed by atoms with Crippen molar-refractivity contribution >= 4 is 33.7 Å². The number of aromatic nitrogens is 2. The van der Waals surface area contributed by atoms with Crippen molar-refractivity contribution in [3.05, 3.63) is 59.0 Å². The summed E-state index contributed by atoms with van der Waals surface area (Å²) in [6.07, 6.45) is 2.60. The van der Waals surface area contributed by atoms with Gasteiger partial charge in [-0.05, 0) is 43.2 Å². The molecule has 148 valence electrons. The predicted octanol–water partition coefficient (Wildman–Crippen LogP) is 4.39. The van der Waals surface area contributed by atoms with Crippen molar-refractivity contribution in [2.75, 3.05) is 11.9 Å². The summed E-state index contributed by atoms with van der Waals surface area (Å²) in [5.74, 6) is -0.269. The van der Waals surface area contributed by atoms with Gasteiger partial charge in [-0.1, -0.05) is 18.6 Å². The lowest BCUT2D eigenvalue weighted by molar-refractivity contribution is -0.137. The van der Waals surface area contributed by atoms with Gasteiger partial charge in [0.2, 0.25) is 0 Å². The van der Waals surface area contributed by atoms with E-state index in [4.69, 9.17) is 9.52 Å². The molecule has 2 heterocycles. The number of hydrogen-bond donors (Lipinski definition) is 3. The fourth-order valence-electron chi connectivity index (χ4n) is 3.28. The SMILES string of the molecule is O=C(O)CCCCCNc1ccc2cc(-c3nc4ccccc4[nH]3)c(=O)oc2c1. The van der Waals surface area contributed by atoms with Gasteiger partial charge in [-0.25, -0.2) is 9.78 Å². The van der Waals surface area contributed by atoms with Crippen molar-refractivity contribution in [3.8, 4) is 11.4 Å². The van der Waals surface area contributed by atoms with Crippen LogP contribution in [0.2, 0.25) is 0 Å². The van der Waals surface area contributed by atoms with E-state index in [1.54, 1.807) is 12.1 Å². The number of hydrogen-bond acceptors (Lipinski definition) is 5. The van der Waals surface area contributed by atoms with Crippen LogP contribution < -0.4 is 10.9 Å². The highest BCUT2D eigenvalue weighted by atomic mass is 16.4. The predicted molar refractivity (Wildman–Crippen MR) is 112 cm³/mol. The summed E-state index contributed by atoms with van der Waals surface area (Å²) in [7, 11) is 0. The molecule has 0 aliphatic heterocycles. The monoisotopic (exact) mass is 391 g/mol. The molecule has 0 saturated carbocycles. The van der Waals surface area contributed by atoms with Gasteiger partial charge in [0, 0.05) is 30.1 Å². The van der Waals surface area contributed by atoms with Gasteiger partial charge in [0.25, 0.3) is 0 Å². The van der Waals surface area contributed by atoms with Gasteiger partial charge < -0.3 is 19.8 Å². The Morgan fingerprint density at radius 1 is 1.10 bits per heavy atom. The second-order valence-electron chi connectivity index (χ2n) is 6.93. The largest absolute Gasteiger partial charge is 0.481 e. The lowest BCUT2D eigenvalue weighted by atomic mass is 10.1. The van der Waals surface area contributed by atoms with Crippen molar-refractivity contribution in [1.82, 2.24) is 9.97 Å². The molecule has 0 unspecified atom stereocenters. The summed E-state index contributed by atoms with van der Waals surface area (Å²) in [5, 5.41) is 12.7. The Morgan fingerprint density at radius 2 is 1.97 bits per heavy atom. The van der Waals surface area contributed by atoms with E-state index in [-0.39, 0.29) is 6.42 Å². The van der Waals surface area contributed by atoms with Crippen LogP contribution in [0, 0.1) is 0 Å². The minimum Gasteiger partial charge on any atom is -0.481 e. The van der Waals surface area contributed by atoms with Gasteiger partial charge in [-0.15, -0.1) is 0 Å². The van der Waals surface area contributed by atoms with Crippen molar-refractivity contribution in [2.24, 2.45) is 0 Å². The van der Waals surface area contributed by atoms with E-state index >= 15 is 0 Å². The van der Waals surface area contributed by atoms with Crippen LogP contribution in [-0.2, 0) is 4.79 Å². The van der Waals surface area contributed by atoms with E-state index in [9.17, 15) is 9.59 Å². The number of carboxylic acids is 1. The van der Waals surface area contributed by atoms with E-state index in [2.05, 4.69) is 15.3 Å². The molecule has 0 saturated heterocycles. The summed E-state index contributed by atoms with van der Waals surface area (Å²) in [4.78, 5) is 30.7. The fraction of sp³-hybridized carbons (Fsp3) is 0.227. The van der Waals surface area contributed by atoms with Crippen LogP contribution in [0.4, 0.5) is 5.69 Å².